The first kappa shape index (κ1) is 10.2. The Hall–Kier alpha value is -1.33. The summed E-state index contributed by atoms with van der Waals surface area (Å²) in [6, 6.07) is 3.61. The summed E-state index contributed by atoms with van der Waals surface area (Å²) in [7, 11) is 0. The highest BCUT2D eigenvalue weighted by Gasteiger charge is 2.28. The van der Waals surface area contributed by atoms with E-state index in [1.54, 1.807) is 11.0 Å². The minimum absolute atomic E-state index is 0.0710. The monoisotopic (exact) mass is 210 g/mol. The molecule has 1 amide bonds. The Morgan fingerprint density at radius 2 is 2.40 bits per heavy atom. The summed E-state index contributed by atoms with van der Waals surface area (Å²) in [5.41, 5.74) is 5.50. The van der Waals surface area contributed by atoms with Crippen LogP contribution < -0.4 is 10.6 Å². The number of furan rings is 1. The molecule has 1 unspecified atom stereocenters. The van der Waals surface area contributed by atoms with Gasteiger partial charge in [-0.15, -0.1) is 0 Å². The zero-order valence-electron chi connectivity index (χ0n) is 8.60. The topological polar surface area (TPSA) is 68.7 Å². The van der Waals surface area contributed by atoms with E-state index in [-0.39, 0.29) is 18.6 Å². The molecule has 0 aliphatic carbocycles. The zero-order valence-corrected chi connectivity index (χ0v) is 8.60. The number of ether oxygens (including phenoxy) is 1. The van der Waals surface area contributed by atoms with Gasteiger partial charge in [0.15, 0.2) is 0 Å². The molecule has 1 aliphatic heterocycles. The van der Waals surface area contributed by atoms with Crippen molar-refractivity contribution < 1.29 is 13.9 Å². The highest BCUT2D eigenvalue weighted by atomic mass is 16.5. The van der Waals surface area contributed by atoms with Crippen molar-refractivity contribution in [2.75, 3.05) is 24.6 Å². The number of rotatable bonds is 2. The van der Waals surface area contributed by atoms with Crippen LogP contribution in [0.3, 0.4) is 0 Å². The SMILES string of the molecule is Cc1ccc(N2CC(CN)OCC2=O)o1. The van der Waals surface area contributed by atoms with Crippen molar-refractivity contribution in [2.45, 2.75) is 13.0 Å². The number of nitrogens with zero attached hydrogens (tertiary/aromatic N) is 1. The molecule has 1 fully saturated rings. The lowest BCUT2D eigenvalue weighted by Gasteiger charge is -2.30. The van der Waals surface area contributed by atoms with Crippen LogP contribution in [-0.4, -0.2) is 31.7 Å². The van der Waals surface area contributed by atoms with Gasteiger partial charge in [0.25, 0.3) is 5.91 Å². The summed E-state index contributed by atoms with van der Waals surface area (Å²) in [4.78, 5) is 13.1. The van der Waals surface area contributed by atoms with Gasteiger partial charge in [0.2, 0.25) is 5.88 Å². The highest BCUT2D eigenvalue weighted by Crippen LogP contribution is 2.20. The Balaban J connectivity index is 2.15. The number of nitrogens with two attached hydrogens (primary N) is 1. The van der Waals surface area contributed by atoms with E-state index < -0.39 is 0 Å². The molecule has 0 saturated carbocycles. The van der Waals surface area contributed by atoms with Crippen LogP contribution in [0.5, 0.6) is 0 Å². The Morgan fingerprint density at radius 3 is 3.00 bits per heavy atom. The third kappa shape index (κ3) is 2.03. The van der Waals surface area contributed by atoms with Gasteiger partial charge >= 0.3 is 0 Å². The largest absolute Gasteiger partial charge is 0.445 e. The highest BCUT2D eigenvalue weighted by molar-refractivity contribution is 5.93. The number of hydrogen-bond acceptors (Lipinski definition) is 4. The smallest absolute Gasteiger partial charge is 0.255 e. The van der Waals surface area contributed by atoms with Crippen molar-refractivity contribution in [3.8, 4) is 0 Å². The second kappa shape index (κ2) is 4.04. The van der Waals surface area contributed by atoms with Crippen molar-refractivity contribution in [1.29, 1.82) is 0 Å². The van der Waals surface area contributed by atoms with E-state index in [1.807, 2.05) is 13.0 Å². The lowest BCUT2D eigenvalue weighted by Crippen LogP contribution is -2.49. The number of hydrogen-bond donors (Lipinski definition) is 1. The fourth-order valence-electron chi connectivity index (χ4n) is 1.55. The fraction of sp³-hybridized carbons (Fsp3) is 0.500. The third-order valence-electron chi connectivity index (χ3n) is 2.38. The van der Waals surface area contributed by atoms with Gasteiger partial charge in [-0.2, -0.15) is 0 Å². The van der Waals surface area contributed by atoms with E-state index in [9.17, 15) is 4.79 Å². The molecular weight excluding hydrogens is 196 g/mol. The number of carbonyl (C=O) groups is 1. The van der Waals surface area contributed by atoms with E-state index in [4.69, 9.17) is 14.9 Å². The quantitative estimate of drug-likeness (QED) is 0.761. The lowest BCUT2D eigenvalue weighted by molar-refractivity contribution is -0.129. The molecule has 0 bridgehead atoms. The molecule has 1 aromatic heterocycles. The second-order valence-electron chi connectivity index (χ2n) is 3.56. The predicted molar refractivity (Wildman–Crippen MR) is 54.6 cm³/mol. The Kier molecular flexibility index (Phi) is 2.75. The average Bonchev–Trinajstić information content (AvgIpc) is 2.65. The van der Waals surface area contributed by atoms with Crippen LogP contribution in [0.15, 0.2) is 16.5 Å². The number of anilines is 1. The zero-order chi connectivity index (χ0) is 10.8. The van der Waals surface area contributed by atoms with Crippen molar-refractivity contribution >= 4 is 11.8 Å². The summed E-state index contributed by atoms with van der Waals surface area (Å²) in [5.74, 6) is 1.27. The van der Waals surface area contributed by atoms with E-state index in [0.717, 1.165) is 5.76 Å². The molecule has 2 rings (SSSR count). The number of aryl methyl sites for hydroxylation is 1. The first-order valence-electron chi connectivity index (χ1n) is 4.89. The van der Waals surface area contributed by atoms with Crippen LogP contribution in [0.1, 0.15) is 5.76 Å². The van der Waals surface area contributed by atoms with Crippen molar-refractivity contribution in [2.24, 2.45) is 5.73 Å². The summed E-state index contributed by atoms with van der Waals surface area (Å²) in [6.45, 7) is 2.78. The number of amides is 1. The maximum atomic E-state index is 11.6. The van der Waals surface area contributed by atoms with Gasteiger partial charge in [-0.1, -0.05) is 0 Å². The maximum Gasteiger partial charge on any atom is 0.255 e. The van der Waals surface area contributed by atoms with Crippen LogP contribution in [0.2, 0.25) is 0 Å². The molecule has 1 aromatic rings. The summed E-state index contributed by atoms with van der Waals surface area (Å²) < 4.78 is 10.6. The summed E-state index contributed by atoms with van der Waals surface area (Å²) >= 11 is 0. The predicted octanol–water partition coefficient (Wildman–Crippen LogP) is 0.279. The molecule has 1 aliphatic rings. The molecule has 15 heavy (non-hydrogen) atoms. The Bertz CT molecular complexity index is 361. The minimum atomic E-state index is -0.104. The van der Waals surface area contributed by atoms with Crippen molar-refractivity contribution in [3.05, 3.63) is 17.9 Å². The van der Waals surface area contributed by atoms with E-state index in [0.29, 0.717) is 19.0 Å². The molecule has 0 radical (unpaired) electrons. The Labute approximate surface area is 87.8 Å². The molecule has 2 N–H and O–H groups in total. The van der Waals surface area contributed by atoms with Crippen LogP contribution >= 0.6 is 0 Å². The van der Waals surface area contributed by atoms with Crippen LogP contribution in [0.4, 0.5) is 5.88 Å². The van der Waals surface area contributed by atoms with E-state index >= 15 is 0 Å². The number of morpholine rings is 1. The van der Waals surface area contributed by atoms with Crippen LogP contribution in [0.25, 0.3) is 0 Å². The fourth-order valence-corrected chi connectivity index (χ4v) is 1.55. The van der Waals surface area contributed by atoms with Crippen LogP contribution in [0, 0.1) is 6.92 Å². The van der Waals surface area contributed by atoms with Gasteiger partial charge in [0, 0.05) is 12.6 Å². The van der Waals surface area contributed by atoms with Gasteiger partial charge in [0.1, 0.15) is 12.4 Å². The maximum absolute atomic E-state index is 11.6. The lowest BCUT2D eigenvalue weighted by atomic mass is 10.2. The molecule has 5 heteroatoms. The molecule has 82 valence electrons. The third-order valence-corrected chi connectivity index (χ3v) is 2.38. The van der Waals surface area contributed by atoms with E-state index in [1.165, 1.54) is 0 Å². The molecule has 1 atom stereocenters. The first-order valence-corrected chi connectivity index (χ1v) is 4.89. The molecule has 2 heterocycles. The van der Waals surface area contributed by atoms with Gasteiger partial charge in [-0.25, -0.2) is 0 Å². The molecular formula is C10H14N2O3. The number of carbonyl (C=O) groups excluding carboxylic acids is 1. The van der Waals surface area contributed by atoms with Crippen molar-refractivity contribution in [1.82, 2.24) is 0 Å². The molecule has 1 saturated heterocycles. The minimum Gasteiger partial charge on any atom is -0.445 e. The molecule has 0 aromatic carbocycles. The second-order valence-corrected chi connectivity index (χ2v) is 3.56. The normalized spacial score (nSPS) is 22.1. The first-order chi connectivity index (χ1) is 7.20. The summed E-state index contributed by atoms with van der Waals surface area (Å²) in [6.07, 6.45) is -0.104. The Morgan fingerprint density at radius 1 is 1.60 bits per heavy atom. The van der Waals surface area contributed by atoms with E-state index in [2.05, 4.69) is 0 Å². The summed E-state index contributed by atoms with van der Waals surface area (Å²) in [5, 5.41) is 0. The molecule has 5 nitrogen and oxygen atoms in total. The van der Waals surface area contributed by atoms with Gasteiger partial charge in [-0.3, -0.25) is 9.69 Å². The average molecular weight is 210 g/mol. The molecule has 0 spiro atoms. The van der Waals surface area contributed by atoms with Crippen LogP contribution in [-0.2, 0) is 9.53 Å². The van der Waals surface area contributed by atoms with Gasteiger partial charge < -0.3 is 14.9 Å². The standard InChI is InChI=1S/C10H14N2O3/c1-7-2-3-10(15-7)12-5-8(4-11)14-6-9(12)13/h2-3,8H,4-6,11H2,1H3. The van der Waals surface area contributed by atoms with Gasteiger partial charge in [-0.05, 0) is 13.0 Å². The van der Waals surface area contributed by atoms with Crippen molar-refractivity contribution in [3.63, 3.8) is 0 Å². The van der Waals surface area contributed by atoms with Gasteiger partial charge in [0.05, 0.1) is 12.6 Å².